The van der Waals surface area contributed by atoms with Crippen LogP contribution in [0.25, 0.3) is 0 Å². The molecule has 1 atom stereocenters. The Morgan fingerprint density at radius 3 is 2.48 bits per heavy atom. The number of anilines is 1. The highest BCUT2D eigenvalue weighted by atomic mass is 79.9. The maximum absolute atomic E-state index is 12.2. The number of carbonyl (C=O) groups is 3. The van der Waals surface area contributed by atoms with E-state index in [1.165, 1.54) is 13.0 Å². The minimum atomic E-state index is -1.17. The average molecular weight is 355 g/mol. The van der Waals surface area contributed by atoms with Crippen LogP contribution >= 0.6 is 15.9 Å². The van der Waals surface area contributed by atoms with Gasteiger partial charge >= 0.3 is 5.97 Å². The number of carboxylic acid groups (broad SMARTS) is 1. The van der Waals surface area contributed by atoms with Gasteiger partial charge in [0.1, 0.15) is 6.04 Å². The van der Waals surface area contributed by atoms with Gasteiger partial charge in [-0.15, -0.1) is 0 Å². The van der Waals surface area contributed by atoms with Gasteiger partial charge in [-0.2, -0.15) is 0 Å². The van der Waals surface area contributed by atoms with Crippen LogP contribution < -0.4 is 10.6 Å². The van der Waals surface area contributed by atoms with Crippen molar-refractivity contribution in [1.29, 1.82) is 0 Å². The molecule has 3 N–H and O–H groups in total. The summed E-state index contributed by atoms with van der Waals surface area (Å²) < 4.78 is 0.463. The van der Waals surface area contributed by atoms with E-state index >= 15 is 0 Å². The molecule has 0 radical (unpaired) electrons. The number of nitrogens with one attached hydrogen (secondary N) is 2. The zero-order chi connectivity index (χ0) is 16.0. The van der Waals surface area contributed by atoms with Gasteiger partial charge in [-0.25, -0.2) is 4.79 Å². The summed E-state index contributed by atoms with van der Waals surface area (Å²) in [5.41, 5.74) is 0.517. The smallest absolute Gasteiger partial charge is 0.326 e. The number of amides is 2. The fraction of sp³-hybridized carbons (Fsp3) is 0.214. The lowest BCUT2D eigenvalue weighted by molar-refractivity contribution is -0.139. The summed E-state index contributed by atoms with van der Waals surface area (Å²) in [6.07, 6.45) is 0.0589. The molecule has 21 heavy (non-hydrogen) atoms. The van der Waals surface area contributed by atoms with E-state index in [2.05, 4.69) is 33.1 Å². The maximum Gasteiger partial charge on any atom is 0.326 e. The number of para-hydroxylation sites is 1. The van der Waals surface area contributed by atoms with E-state index < -0.39 is 17.9 Å². The summed E-state index contributed by atoms with van der Waals surface area (Å²) in [6.45, 7) is 4.88. The summed E-state index contributed by atoms with van der Waals surface area (Å²) >= 11 is 3.07. The molecule has 2 amide bonds. The summed E-state index contributed by atoms with van der Waals surface area (Å²) in [6, 6.07) is 5.25. The number of benzene rings is 1. The van der Waals surface area contributed by atoms with Crippen molar-refractivity contribution in [3.8, 4) is 0 Å². The lowest BCUT2D eigenvalue weighted by Crippen LogP contribution is -2.41. The molecule has 0 aliphatic carbocycles. The standard InChI is InChI=1S/C14H15BrN2O4/c1-8(15)7-12(14(20)21)17-13(19)10-5-3-4-6-11(10)16-9(2)18/h3-6,12H,1,7H2,2H3,(H,16,18)(H,17,19)(H,20,21)/t12-/m0/s1. The zero-order valence-electron chi connectivity index (χ0n) is 11.4. The van der Waals surface area contributed by atoms with Gasteiger partial charge in [-0.1, -0.05) is 34.6 Å². The van der Waals surface area contributed by atoms with Crippen molar-refractivity contribution in [2.45, 2.75) is 19.4 Å². The van der Waals surface area contributed by atoms with Crippen LogP contribution in [0, 0.1) is 0 Å². The summed E-state index contributed by atoms with van der Waals surface area (Å²) in [5.74, 6) is -2.07. The highest BCUT2D eigenvalue weighted by Crippen LogP contribution is 2.16. The van der Waals surface area contributed by atoms with Crippen LogP contribution in [0.5, 0.6) is 0 Å². The van der Waals surface area contributed by atoms with Crippen LogP contribution in [0.2, 0.25) is 0 Å². The van der Waals surface area contributed by atoms with E-state index in [0.29, 0.717) is 10.2 Å². The highest BCUT2D eigenvalue weighted by molar-refractivity contribution is 9.11. The van der Waals surface area contributed by atoms with Gasteiger partial charge in [0.15, 0.2) is 0 Å². The van der Waals surface area contributed by atoms with Crippen LogP contribution in [-0.2, 0) is 9.59 Å². The largest absolute Gasteiger partial charge is 0.480 e. The molecule has 112 valence electrons. The van der Waals surface area contributed by atoms with E-state index in [4.69, 9.17) is 5.11 Å². The van der Waals surface area contributed by atoms with E-state index in [0.717, 1.165) is 0 Å². The van der Waals surface area contributed by atoms with Gasteiger partial charge in [-0.3, -0.25) is 9.59 Å². The fourth-order valence-corrected chi connectivity index (χ4v) is 1.96. The minimum Gasteiger partial charge on any atom is -0.480 e. The molecule has 0 saturated carbocycles. The Balaban J connectivity index is 2.94. The molecule has 1 aromatic carbocycles. The molecular formula is C14H15BrN2O4. The third-order valence-electron chi connectivity index (χ3n) is 2.51. The first kappa shape index (κ1) is 16.9. The average Bonchev–Trinajstić information content (AvgIpc) is 2.37. The second-order valence-electron chi connectivity index (χ2n) is 4.31. The molecule has 6 nitrogen and oxygen atoms in total. The van der Waals surface area contributed by atoms with E-state index in [-0.39, 0.29) is 17.9 Å². The Morgan fingerprint density at radius 2 is 1.95 bits per heavy atom. The monoisotopic (exact) mass is 354 g/mol. The van der Waals surface area contributed by atoms with Gasteiger partial charge in [-0.05, 0) is 16.6 Å². The number of hydrogen-bond acceptors (Lipinski definition) is 3. The predicted octanol–water partition coefficient (Wildman–Crippen LogP) is 2.13. The van der Waals surface area contributed by atoms with Crippen molar-refractivity contribution < 1.29 is 19.5 Å². The first-order valence-corrected chi connectivity index (χ1v) is 6.84. The maximum atomic E-state index is 12.2. The number of aliphatic carboxylic acids is 1. The van der Waals surface area contributed by atoms with Crippen LogP contribution in [0.1, 0.15) is 23.7 Å². The van der Waals surface area contributed by atoms with Crippen LogP contribution in [0.15, 0.2) is 35.3 Å². The highest BCUT2D eigenvalue weighted by Gasteiger charge is 2.22. The van der Waals surface area contributed by atoms with Crippen molar-refractivity contribution in [2.75, 3.05) is 5.32 Å². The van der Waals surface area contributed by atoms with Gasteiger partial charge < -0.3 is 15.7 Å². The van der Waals surface area contributed by atoms with Crippen molar-refractivity contribution in [3.05, 3.63) is 40.9 Å². The van der Waals surface area contributed by atoms with Crippen LogP contribution in [0.4, 0.5) is 5.69 Å². The number of halogens is 1. The Kier molecular flexibility index (Phi) is 6.10. The number of rotatable bonds is 6. The molecule has 0 saturated heterocycles. The number of carboxylic acids is 1. The summed E-state index contributed by atoms with van der Waals surface area (Å²) in [5, 5.41) is 14.0. The first-order valence-electron chi connectivity index (χ1n) is 6.05. The topological polar surface area (TPSA) is 95.5 Å². The van der Waals surface area contributed by atoms with Crippen molar-refractivity contribution >= 4 is 39.4 Å². The lowest BCUT2D eigenvalue weighted by atomic mass is 10.1. The van der Waals surface area contributed by atoms with Gasteiger partial charge in [0, 0.05) is 13.3 Å². The van der Waals surface area contributed by atoms with Crippen molar-refractivity contribution in [1.82, 2.24) is 5.32 Å². The Hall–Kier alpha value is -2.15. The first-order chi connectivity index (χ1) is 9.81. The summed E-state index contributed by atoms with van der Waals surface area (Å²) in [7, 11) is 0. The molecule has 0 aliphatic heterocycles. The second-order valence-corrected chi connectivity index (χ2v) is 5.43. The summed E-state index contributed by atoms with van der Waals surface area (Å²) in [4.78, 5) is 34.4. The molecule has 0 unspecified atom stereocenters. The molecule has 1 rings (SSSR count). The van der Waals surface area contributed by atoms with E-state index in [9.17, 15) is 14.4 Å². The third kappa shape index (κ3) is 5.39. The molecule has 1 aromatic rings. The van der Waals surface area contributed by atoms with E-state index in [1.54, 1.807) is 18.2 Å². The van der Waals surface area contributed by atoms with Crippen molar-refractivity contribution in [3.63, 3.8) is 0 Å². The quantitative estimate of drug-likeness (QED) is 0.729. The predicted molar refractivity (Wildman–Crippen MR) is 82.3 cm³/mol. The molecule has 0 aromatic heterocycles. The second kappa shape index (κ2) is 7.58. The fourth-order valence-electron chi connectivity index (χ4n) is 1.64. The zero-order valence-corrected chi connectivity index (χ0v) is 12.9. The van der Waals surface area contributed by atoms with Crippen molar-refractivity contribution in [2.24, 2.45) is 0 Å². The van der Waals surface area contributed by atoms with Crippen LogP contribution in [0.3, 0.4) is 0 Å². The van der Waals surface area contributed by atoms with Crippen LogP contribution in [-0.4, -0.2) is 28.9 Å². The molecule has 0 spiro atoms. The molecule has 0 aliphatic rings. The van der Waals surface area contributed by atoms with Gasteiger partial charge in [0.05, 0.1) is 11.3 Å². The SMILES string of the molecule is C=C(Br)C[C@H](NC(=O)c1ccccc1NC(C)=O)C(=O)O. The van der Waals surface area contributed by atoms with Gasteiger partial charge in [0.25, 0.3) is 5.91 Å². The Bertz CT molecular complexity index is 586. The molecular weight excluding hydrogens is 340 g/mol. The third-order valence-corrected chi connectivity index (χ3v) is 2.84. The molecule has 7 heteroatoms. The molecule has 0 bridgehead atoms. The lowest BCUT2D eigenvalue weighted by Gasteiger charge is -2.15. The minimum absolute atomic E-state index is 0.0589. The number of hydrogen-bond donors (Lipinski definition) is 3. The van der Waals surface area contributed by atoms with E-state index in [1.807, 2.05) is 0 Å². The Morgan fingerprint density at radius 1 is 1.33 bits per heavy atom. The normalized spacial score (nSPS) is 11.3. The number of carbonyl (C=O) groups excluding carboxylic acids is 2. The van der Waals surface area contributed by atoms with Gasteiger partial charge in [0.2, 0.25) is 5.91 Å². The molecule has 0 fully saturated rings. The molecule has 0 heterocycles. The Labute approximate surface area is 130 Å².